The number of aromatic nitrogens is 1. The number of benzene rings is 1. The largest absolute Gasteiger partial charge is 0.360 e. The van der Waals surface area contributed by atoms with E-state index in [1.165, 1.54) is 6.07 Å². The molecule has 1 heterocycles. The standard InChI is InChI=1S/C13H12ClN3O2/c1-9-6-7-12(17(18)19)13(16-9)15-8-10-4-2-3-5-11(10)14/h2-7H,8H2,1H3,(H,15,16). The lowest BCUT2D eigenvalue weighted by Crippen LogP contribution is -2.05. The normalized spacial score (nSPS) is 10.2. The van der Waals surface area contributed by atoms with Crippen molar-refractivity contribution in [1.82, 2.24) is 4.98 Å². The highest BCUT2D eigenvalue weighted by atomic mass is 35.5. The van der Waals surface area contributed by atoms with Crippen molar-refractivity contribution in [2.45, 2.75) is 13.5 Å². The molecule has 0 bridgehead atoms. The van der Waals surface area contributed by atoms with E-state index in [0.29, 0.717) is 17.3 Å². The Hall–Kier alpha value is -2.14. The third-order valence-corrected chi connectivity index (χ3v) is 2.98. The average molecular weight is 278 g/mol. The van der Waals surface area contributed by atoms with Crippen LogP contribution in [0.15, 0.2) is 36.4 Å². The Kier molecular flexibility index (Phi) is 3.97. The molecule has 5 nitrogen and oxygen atoms in total. The van der Waals surface area contributed by atoms with Gasteiger partial charge in [0, 0.05) is 23.3 Å². The minimum Gasteiger partial charge on any atom is -0.360 e. The Morgan fingerprint density at radius 1 is 1.32 bits per heavy atom. The molecule has 1 N–H and O–H groups in total. The Morgan fingerprint density at radius 3 is 2.74 bits per heavy atom. The Morgan fingerprint density at radius 2 is 2.05 bits per heavy atom. The second-order valence-electron chi connectivity index (χ2n) is 4.02. The predicted molar refractivity (Wildman–Crippen MR) is 74.4 cm³/mol. The lowest BCUT2D eigenvalue weighted by molar-refractivity contribution is -0.384. The molecular formula is C13H12ClN3O2. The number of anilines is 1. The second-order valence-corrected chi connectivity index (χ2v) is 4.43. The molecule has 2 aromatic rings. The number of nitrogens with zero attached hydrogens (tertiary/aromatic N) is 2. The van der Waals surface area contributed by atoms with Gasteiger partial charge in [0.25, 0.3) is 0 Å². The van der Waals surface area contributed by atoms with Gasteiger partial charge in [-0.15, -0.1) is 0 Å². The summed E-state index contributed by atoms with van der Waals surface area (Å²) in [5.74, 6) is 0.255. The topological polar surface area (TPSA) is 68.1 Å². The number of pyridine rings is 1. The van der Waals surface area contributed by atoms with Crippen LogP contribution in [-0.2, 0) is 6.54 Å². The fourth-order valence-electron chi connectivity index (χ4n) is 1.65. The molecule has 0 fully saturated rings. The van der Waals surface area contributed by atoms with Crippen molar-refractivity contribution in [1.29, 1.82) is 0 Å². The van der Waals surface area contributed by atoms with Crippen molar-refractivity contribution in [3.05, 3.63) is 62.8 Å². The van der Waals surface area contributed by atoms with Crippen molar-refractivity contribution < 1.29 is 4.92 Å². The molecule has 98 valence electrons. The van der Waals surface area contributed by atoms with Gasteiger partial charge in [0.15, 0.2) is 0 Å². The minimum atomic E-state index is -0.457. The smallest absolute Gasteiger partial charge is 0.311 e. The lowest BCUT2D eigenvalue weighted by atomic mass is 10.2. The van der Waals surface area contributed by atoms with E-state index in [-0.39, 0.29) is 11.5 Å². The van der Waals surface area contributed by atoms with E-state index in [1.807, 2.05) is 18.2 Å². The number of hydrogen-bond acceptors (Lipinski definition) is 4. The first-order valence-corrected chi connectivity index (χ1v) is 6.05. The molecule has 0 amide bonds. The summed E-state index contributed by atoms with van der Waals surface area (Å²) in [5.41, 5.74) is 1.53. The van der Waals surface area contributed by atoms with Crippen LogP contribution in [0.5, 0.6) is 0 Å². The van der Waals surface area contributed by atoms with Crippen LogP contribution in [0.1, 0.15) is 11.3 Å². The highest BCUT2D eigenvalue weighted by Gasteiger charge is 2.15. The molecule has 0 aliphatic carbocycles. The van der Waals surface area contributed by atoms with Crippen LogP contribution in [0.4, 0.5) is 11.5 Å². The third-order valence-electron chi connectivity index (χ3n) is 2.61. The number of nitro groups is 1. The molecule has 0 saturated heterocycles. The first-order valence-electron chi connectivity index (χ1n) is 5.67. The van der Waals surface area contributed by atoms with E-state index in [0.717, 1.165) is 5.56 Å². The monoisotopic (exact) mass is 277 g/mol. The zero-order valence-corrected chi connectivity index (χ0v) is 11.0. The van der Waals surface area contributed by atoms with Crippen LogP contribution in [-0.4, -0.2) is 9.91 Å². The molecule has 0 atom stereocenters. The summed E-state index contributed by atoms with van der Waals surface area (Å²) < 4.78 is 0. The SMILES string of the molecule is Cc1ccc([N+](=O)[O-])c(NCc2ccccc2Cl)n1. The molecule has 0 saturated carbocycles. The fraction of sp³-hybridized carbons (Fsp3) is 0.154. The van der Waals surface area contributed by atoms with Gasteiger partial charge in [-0.1, -0.05) is 29.8 Å². The van der Waals surface area contributed by atoms with Gasteiger partial charge in [0.2, 0.25) is 5.82 Å². The van der Waals surface area contributed by atoms with Crippen LogP contribution in [0.3, 0.4) is 0 Å². The van der Waals surface area contributed by atoms with Gasteiger partial charge >= 0.3 is 5.69 Å². The molecule has 1 aromatic heterocycles. The first kappa shape index (κ1) is 13.3. The zero-order valence-electron chi connectivity index (χ0n) is 10.3. The maximum absolute atomic E-state index is 10.9. The molecular weight excluding hydrogens is 266 g/mol. The minimum absolute atomic E-state index is 0.0438. The number of aryl methyl sites for hydroxylation is 1. The molecule has 0 spiro atoms. The first-order chi connectivity index (χ1) is 9.08. The number of halogens is 1. The third kappa shape index (κ3) is 3.20. The van der Waals surface area contributed by atoms with Crippen molar-refractivity contribution in [3.63, 3.8) is 0 Å². The highest BCUT2D eigenvalue weighted by molar-refractivity contribution is 6.31. The Labute approximate surface area is 115 Å². The van der Waals surface area contributed by atoms with Gasteiger partial charge in [0.1, 0.15) is 0 Å². The van der Waals surface area contributed by atoms with E-state index in [1.54, 1.807) is 19.1 Å². The summed E-state index contributed by atoms with van der Waals surface area (Å²) in [5, 5.41) is 14.5. The van der Waals surface area contributed by atoms with Gasteiger partial charge in [-0.2, -0.15) is 0 Å². The maximum Gasteiger partial charge on any atom is 0.311 e. The zero-order chi connectivity index (χ0) is 13.8. The average Bonchev–Trinajstić information content (AvgIpc) is 2.37. The second kappa shape index (κ2) is 5.67. The molecule has 2 rings (SSSR count). The van der Waals surface area contributed by atoms with Crippen molar-refractivity contribution in [3.8, 4) is 0 Å². The number of rotatable bonds is 4. The van der Waals surface area contributed by atoms with E-state index < -0.39 is 4.92 Å². The van der Waals surface area contributed by atoms with Gasteiger partial charge in [-0.05, 0) is 24.6 Å². The molecule has 19 heavy (non-hydrogen) atoms. The summed E-state index contributed by atoms with van der Waals surface area (Å²) in [6.45, 7) is 2.17. The van der Waals surface area contributed by atoms with Gasteiger partial charge in [0.05, 0.1) is 4.92 Å². The summed E-state index contributed by atoms with van der Waals surface area (Å²) in [4.78, 5) is 14.6. The maximum atomic E-state index is 10.9. The number of hydrogen-bond donors (Lipinski definition) is 1. The Bertz CT molecular complexity index is 617. The van der Waals surface area contributed by atoms with Crippen molar-refractivity contribution in [2.75, 3.05) is 5.32 Å². The van der Waals surface area contributed by atoms with Gasteiger partial charge < -0.3 is 5.32 Å². The molecule has 0 aliphatic rings. The molecule has 0 radical (unpaired) electrons. The summed E-state index contributed by atoms with van der Waals surface area (Å²) in [6, 6.07) is 10.4. The summed E-state index contributed by atoms with van der Waals surface area (Å²) in [7, 11) is 0. The fourth-order valence-corrected chi connectivity index (χ4v) is 1.85. The van der Waals surface area contributed by atoms with E-state index >= 15 is 0 Å². The molecule has 0 unspecified atom stereocenters. The van der Waals surface area contributed by atoms with Crippen LogP contribution in [0.25, 0.3) is 0 Å². The lowest BCUT2D eigenvalue weighted by Gasteiger charge is -2.08. The van der Waals surface area contributed by atoms with Crippen LogP contribution in [0.2, 0.25) is 5.02 Å². The quantitative estimate of drug-likeness (QED) is 0.685. The highest BCUT2D eigenvalue weighted by Crippen LogP contribution is 2.23. The van der Waals surface area contributed by atoms with Crippen LogP contribution < -0.4 is 5.32 Å². The van der Waals surface area contributed by atoms with Gasteiger partial charge in [-0.25, -0.2) is 4.98 Å². The van der Waals surface area contributed by atoms with Crippen LogP contribution >= 0.6 is 11.6 Å². The summed E-state index contributed by atoms with van der Waals surface area (Å²) in [6.07, 6.45) is 0. The van der Waals surface area contributed by atoms with E-state index in [9.17, 15) is 10.1 Å². The van der Waals surface area contributed by atoms with Crippen LogP contribution in [0, 0.1) is 17.0 Å². The molecule has 6 heteroatoms. The summed E-state index contributed by atoms with van der Waals surface area (Å²) >= 11 is 6.03. The molecule has 1 aromatic carbocycles. The van der Waals surface area contributed by atoms with E-state index in [2.05, 4.69) is 10.3 Å². The predicted octanol–water partition coefficient (Wildman–Crippen LogP) is 3.56. The van der Waals surface area contributed by atoms with Crippen molar-refractivity contribution in [2.24, 2.45) is 0 Å². The van der Waals surface area contributed by atoms with Crippen molar-refractivity contribution >= 4 is 23.1 Å². The number of nitrogens with one attached hydrogen (secondary N) is 1. The van der Waals surface area contributed by atoms with Gasteiger partial charge in [-0.3, -0.25) is 10.1 Å². The Balaban J connectivity index is 2.22. The van der Waals surface area contributed by atoms with E-state index in [4.69, 9.17) is 11.6 Å². The molecule has 0 aliphatic heterocycles.